The molecule has 516 valence electrons. The summed E-state index contributed by atoms with van der Waals surface area (Å²) < 4.78 is 22.8. The molecule has 0 aromatic carbocycles. The Labute approximate surface area is 541 Å². The molecule has 14 heteroatoms. The number of aliphatic hydroxyl groups excluding tert-OH is 8. The summed E-state index contributed by atoms with van der Waals surface area (Å²) in [6.07, 6.45) is 65.2. The predicted molar refractivity (Wildman–Crippen MR) is 364 cm³/mol. The first-order chi connectivity index (χ1) is 43.6. The average Bonchev–Trinajstić information content (AvgIpc) is 2.74. The Bertz CT molecular complexity index is 1820. The van der Waals surface area contributed by atoms with Gasteiger partial charge in [0.05, 0.1) is 32.0 Å². The Morgan fingerprint density at radius 3 is 1.19 bits per heavy atom. The van der Waals surface area contributed by atoms with Crippen LogP contribution in [-0.2, 0) is 23.7 Å². The van der Waals surface area contributed by atoms with Gasteiger partial charge in [-0.25, -0.2) is 0 Å². The molecule has 2 fully saturated rings. The van der Waals surface area contributed by atoms with E-state index < -0.39 is 86.8 Å². The summed E-state index contributed by atoms with van der Waals surface area (Å²) >= 11 is 0. The summed E-state index contributed by atoms with van der Waals surface area (Å²) in [7, 11) is 0. The maximum atomic E-state index is 13.3. The van der Waals surface area contributed by atoms with Crippen LogP contribution < -0.4 is 5.32 Å². The summed E-state index contributed by atoms with van der Waals surface area (Å²) in [5.41, 5.74) is 0. The molecule has 9 N–H and O–H groups in total. The second kappa shape index (κ2) is 59.0. The van der Waals surface area contributed by atoms with E-state index >= 15 is 0 Å². The molecule has 14 nitrogen and oxygen atoms in total. The van der Waals surface area contributed by atoms with Crippen molar-refractivity contribution in [1.82, 2.24) is 5.32 Å². The van der Waals surface area contributed by atoms with Gasteiger partial charge in [-0.3, -0.25) is 4.79 Å². The molecule has 0 bridgehead atoms. The van der Waals surface area contributed by atoms with Crippen molar-refractivity contribution in [3.8, 4) is 0 Å². The molecule has 2 aliphatic heterocycles. The van der Waals surface area contributed by atoms with Crippen molar-refractivity contribution in [2.24, 2.45) is 0 Å². The van der Waals surface area contributed by atoms with Gasteiger partial charge in [-0.1, -0.05) is 298 Å². The van der Waals surface area contributed by atoms with Crippen LogP contribution in [0.25, 0.3) is 0 Å². The fourth-order valence-electron chi connectivity index (χ4n) is 11.6. The van der Waals surface area contributed by atoms with Gasteiger partial charge in [-0.15, -0.1) is 0 Å². The maximum absolute atomic E-state index is 13.3. The summed E-state index contributed by atoms with van der Waals surface area (Å²) in [4.78, 5) is 13.3. The minimum absolute atomic E-state index is 0.237. The number of rotatable bonds is 59. The van der Waals surface area contributed by atoms with Crippen molar-refractivity contribution in [1.29, 1.82) is 0 Å². The summed E-state index contributed by atoms with van der Waals surface area (Å²) in [5.74, 6) is -0.237. The third-order valence-corrected chi connectivity index (χ3v) is 17.3. The van der Waals surface area contributed by atoms with Gasteiger partial charge in [0.25, 0.3) is 0 Å². The number of nitrogens with one attached hydrogen (secondary N) is 1. The number of aliphatic hydroxyl groups is 8. The normalized spacial score (nSPS) is 23.5. The van der Waals surface area contributed by atoms with E-state index in [2.05, 4.69) is 92.1 Å². The van der Waals surface area contributed by atoms with Gasteiger partial charge in [0, 0.05) is 6.42 Å². The Balaban J connectivity index is 1.55. The molecule has 0 radical (unpaired) electrons. The highest BCUT2D eigenvalue weighted by Crippen LogP contribution is 2.30. The van der Waals surface area contributed by atoms with Crippen molar-refractivity contribution < 1.29 is 64.6 Å². The highest BCUT2D eigenvalue weighted by atomic mass is 16.7. The fourth-order valence-corrected chi connectivity index (χ4v) is 11.6. The van der Waals surface area contributed by atoms with Crippen LogP contribution in [0.1, 0.15) is 290 Å². The summed E-state index contributed by atoms with van der Waals surface area (Å²) in [5, 5.41) is 87.3. The van der Waals surface area contributed by atoms with Crippen LogP contribution in [0.2, 0.25) is 0 Å². The van der Waals surface area contributed by atoms with Crippen LogP contribution in [0.3, 0.4) is 0 Å². The van der Waals surface area contributed by atoms with E-state index in [1.807, 2.05) is 6.08 Å². The molecule has 0 aliphatic carbocycles. The first-order valence-electron chi connectivity index (χ1n) is 36.3. The lowest BCUT2D eigenvalue weighted by molar-refractivity contribution is -0.359. The molecule has 2 rings (SSSR count). The number of hydrogen-bond acceptors (Lipinski definition) is 13. The quantitative estimate of drug-likeness (QED) is 0.0204. The van der Waals surface area contributed by atoms with Gasteiger partial charge in [0.2, 0.25) is 5.91 Å². The lowest BCUT2D eigenvalue weighted by Crippen LogP contribution is -2.65. The van der Waals surface area contributed by atoms with Gasteiger partial charge in [-0.05, 0) is 70.6 Å². The molecule has 1 amide bonds. The Morgan fingerprint density at radius 2 is 0.775 bits per heavy atom. The maximum Gasteiger partial charge on any atom is 0.220 e. The number of carbonyl (C=O) groups excluding carboxylic acids is 1. The molecule has 0 saturated carbocycles. The van der Waals surface area contributed by atoms with Gasteiger partial charge in [-0.2, -0.15) is 0 Å². The van der Waals surface area contributed by atoms with Crippen LogP contribution in [0.4, 0.5) is 0 Å². The summed E-state index contributed by atoms with van der Waals surface area (Å²) in [6, 6.07) is -0.915. The van der Waals surface area contributed by atoms with Crippen LogP contribution in [-0.4, -0.2) is 140 Å². The molecule has 0 aromatic heterocycles. The molecule has 0 aromatic rings. The first kappa shape index (κ1) is 82.3. The predicted octanol–water partition coefficient (Wildman–Crippen LogP) is 15.2. The molecule has 12 atom stereocenters. The Morgan fingerprint density at radius 1 is 0.416 bits per heavy atom. The van der Waals surface area contributed by atoms with Crippen LogP contribution in [0, 0.1) is 0 Å². The number of ether oxygens (including phenoxy) is 4. The largest absolute Gasteiger partial charge is 0.394 e. The number of amides is 1. The smallest absolute Gasteiger partial charge is 0.220 e. The number of allylic oxidation sites excluding steroid dienone is 13. The molecule has 12 unspecified atom stereocenters. The highest BCUT2D eigenvalue weighted by molar-refractivity contribution is 5.76. The third kappa shape index (κ3) is 42.9. The Hall–Kier alpha value is -2.83. The fraction of sp³-hybridized carbons (Fsp3) is 0.800. The van der Waals surface area contributed by atoms with Crippen molar-refractivity contribution in [3.05, 3.63) is 85.1 Å². The van der Waals surface area contributed by atoms with E-state index in [1.54, 1.807) is 6.08 Å². The van der Waals surface area contributed by atoms with E-state index in [9.17, 15) is 45.6 Å². The van der Waals surface area contributed by atoms with E-state index in [4.69, 9.17) is 18.9 Å². The topological polar surface area (TPSA) is 228 Å². The number of hydrogen-bond donors (Lipinski definition) is 9. The van der Waals surface area contributed by atoms with Crippen molar-refractivity contribution in [2.75, 3.05) is 19.8 Å². The van der Waals surface area contributed by atoms with E-state index in [1.165, 1.54) is 186 Å². The second-order valence-corrected chi connectivity index (χ2v) is 25.3. The van der Waals surface area contributed by atoms with E-state index in [-0.39, 0.29) is 18.9 Å². The molecule has 2 heterocycles. The SMILES string of the molecule is CC/C=C\C/C=C\C/C=C\C/C=C\C/C=C\C/C=C\CCCCCCCCCCCCCCCCCCCCCCCCC(=O)NC(COC1OC(CO)C(OC2OC(CO)C(O)C(O)C2O)C(O)C1O)C(O)/C=C/CCCCCCCCCCCCCC. The van der Waals surface area contributed by atoms with Crippen molar-refractivity contribution >= 4 is 5.91 Å². The lowest BCUT2D eigenvalue weighted by atomic mass is 9.97. The van der Waals surface area contributed by atoms with E-state index in [0.29, 0.717) is 6.42 Å². The zero-order valence-corrected chi connectivity index (χ0v) is 56.2. The molecular weight excluding hydrogens is 1120 g/mol. The molecular formula is C75H133NO13. The second-order valence-electron chi connectivity index (χ2n) is 25.3. The minimum atomic E-state index is -1.79. The Kier molecular flexibility index (Phi) is 54.5. The third-order valence-electron chi connectivity index (χ3n) is 17.3. The van der Waals surface area contributed by atoms with Crippen molar-refractivity contribution in [2.45, 2.75) is 364 Å². The van der Waals surface area contributed by atoms with Gasteiger partial charge < -0.3 is 65.1 Å². The molecule has 2 saturated heterocycles. The van der Waals surface area contributed by atoms with Gasteiger partial charge >= 0.3 is 0 Å². The van der Waals surface area contributed by atoms with Crippen molar-refractivity contribution in [3.63, 3.8) is 0 Å². The highest BCUT2D eigenvalue weighted by Gasteiger charge is 2.51. The molecule has 89 heavy (non-hydrogen) atoms. The molecule has 2 aliphatic rings. The van der Waals surface area contributed by atoms with Gasteiger partial charge in [0.1, 0.15) is 48.8 Å². The van der Waals surface area contributed by atoms with E-state index in [0.717, 1.165) is 77.0 Å². The first-order valence-corrected chi connectivity index (χ1v) is 36.3. The average molecular weight is 1260 g/mol. The molecule has 0 spiro atoms. The number of carbonyl (C=O) groups is 1. The minimum Gasteiger partial charge on any atom is -0.394 e. The zero-order valence-electron chi connectivity index (χ0n) is 56.2. The van der Waals surface area contributed by atoms with Crippen LogP contribution in [0.15, 0.2) is 85.1 Å². The van der Waals surface area contributed by atoms with Gasteiger partial charge in [0.15, 0.2) is 12.6 Å². The lowest BCUT2D eigenvalue weighted by Gasteiger charge is -2.46. The monoisotopic (exact) mass is 1260 g/mol. The standard InChI is InChI=1S/C75H133NO13/c1-3-5-7-9-11-13-15-17-19-20-21-22-23-24-25-26-27-28-29-30-31-32-33-34-35-36-37-38-39-40-41-42-43-44-45-47-49-51-53-55-57-59-67(80)76-63(64(79)58-56-54-52-50-48-46-18-16-14-12-10-8-6-4-2)62-86-74-72(85)70(83)73(66(61-78)88-74)89-75-71(84)69(82)68(81)65(60-77)87-75/h5,7,11,13,17,19,21-22,24-25,27-28,56,58,63-66,68-75,77-79,81-85H,3-4,6,8-10,12,14-16,18,20,23,26,29-55,57,59-62H2,1-2H3,(H,76,80)/b7-5-,13-11-,19-17-,22-21-,25-24-,28-27-,58-56+. The summed E-state index contributed by atoms with van der Waals surface area (Å²) in [6.45, 7) is 2.70. The number of unbranched alkanes of at least 4 members (excludes halogenated alkanes) is 34. The zero-order chi connectivity index (χ0) is 64.5. The van der Waals surface area contributed by atoms with Crippen LogP contribution >= 0.6 is 0 Å². The van der Waals surface area contributed by atoms with Crippen LogP contribution in [0.5, 0.6) is 0 Å².